The van der Waals surface area contributed by atoms with E-state index in [9.17, 15) is 0 Å². The number of imidazole rings is 1. The van der Waals surface area contributed by atoms with Crippen LogP contribution < -0.4 is 5.73 Å². The van der Waals surface area contributed by atoms with Crippen molar-refractivity contribution in [2.45, 2.75) is 52.6 Å². The van der Waals surface area contributed by atoms with E-state index in [4.69, 9.17) is 10.7 Å². The second-order valence-electron chi connectivity index (χ2n) is 5.98. The topological polar surface area (TPSA) is 43.8 Å². The number of nitrogens with zero attached hydrogens (tertiary/aromatic N) is 2. The molecule has 1 aromatic carbocycles. The largest absolute Gasteiger partial charge is 0.330 e. The van der Waals surface area contributed by atoms with Gasteiger partial charge in [0.05, 0.1) is 11.4 Å². The minimum absolute atomic E-state index is 0.535. The van der Waals surface area contributed by atoms with Crippen LogP contribution in [0.5, 0.6) is 0 Å². The van der Waals surface area contributed by atoms with E-state index < -0.39 is 0 Å². The normalized spacial score (nSPS) is 18.1. The Labute approximate surface area is 120 Å². The van der Waals surface area contributed by atoms with E-state index in [1.165, 1.54) is 41.1 Å². The summed E-state index contributed by atoms with van der Waals surface area (Å²) < 4.78 is 2.35. The number of aromatic nitrogens is 2. The molecule has 3 nitrogen and oxygen atoms in total. The molecule has 0 aliphatic carbocycles. The van der Waals surface area contributed by atoms with Crippen molar-refractivity contribution in [2.75, 3.05) is 0 Å². The Balaban J connectivity index is 2.21. The van der Waals surface area contributed by atoms with E-state index in [2.05, 4.69) is 43.5 Å². The number of nitrogens with two attached hydrogens (primary N) is 1. The van der Waals surface area contributed by atoms with Crippen LogP contribution in [0, 0.1) is 13.8 Å². The van der Waals surface area contributed by atoms with Crippen molar-refractivity contribution in [1.82, 2.24) is 9.55 Å². The number of fused-ring (bicyclic) bond motifs is 1. The molecule has 0 saturated heterocycles. The van der Waals surface area contributed by atoms with Crippen LogP contribution in [0.4, 0.5) is 0 Å². The Bertz CT molecular complexity index is 640. The number of benzene rings is 1. The minimum atomic E-state index is 0.535. The molecule has 1 aliphatic rings. The van der Waals surface area contributed by atoms with Gasteiger partial charge in [0.25, 0.3) is 0 Å². The van der Waals surface area contributed by atoms with Crippen molar-refractivity contribution in [2.24, 2.45) is 5.73 Å². The first-order valence-electron chi connectivity index (χ1n) is 7.48. The summed E-state index contributed by atoms with van der Waals surface area (Å²) in [5, 5.41) is 0. The van der Waals surface area contributed by atoms with Crippen molar-refractivity contribution < 1.29 is 0 Å². The highest BCUT2D eigenvalue weighted by atomic mass is 15.1. The number of hydrogen-bond acceptors (Lipinski definition) is 2. The summed E-state index contributed by atoms with van der Waals surface area (Å²) in [6, 6.07) is 6.56. The van der Waals surface area contributed by atoms with Gasteiger partial charge in [0.1, 0.15) is 5.82 Å². The molecular weight excluding hydrogens is 246 g/mol. The van der Waals surface area contributed by atoms with Gasteiger partial charge in [0.2, 0.25) is 0 Å². The molecule has 3 rings (SSSR count). The fourth-order valence-electron chi connectivity index (χ4n) is 3.23. The zero-order valence-electron chi connectivity index (χ0n) is 12.6. The molecule has 0 saturated carbocycles. The third-order valence-corrected chi connectivity index (χ3v) is 4.40. The van der Waals surface area contributed by atoms with Gasteiger partial charge < -0.3 is 10.3 Å². The Morgan fingerprint density at radius 1 is 1.35 bits per heavy atom. The molecule has 1 aliphatic heterocycles. The molecule has 3 heteroatoms. The standard InChI is InChI=1S/C17H23N3/c1-11-6-7-12(2)14(9-11)16-15(10-18)20-8-4-5-13(3)17(20)19-16/h6-7,9,13H,4-5,8,10,18H2,1-3H3. The molecular formula is C17H23N3. The summed E-state index contributed by atoms with van der Waals surface area (Å²) in [6.07, 6.45) is 2.46. The zero-order chi connectivity index (χ0) is 14.3. The second kappa shape index (κ2) is 5.06. The Morgan fingerprint density at radius 2 is 2.15 bits per heavy atom. The summed E-state index contributed by atoms with van der Waals surface area (Å²) in [7, 11) is 0. The minimum Gasteiger partial charge on any atom is -0.330 e. The lowest BCUT2D eigenvalue weighted by molar-refractivity contribution is 0.454. The summed E-state index contributed by atoms with van der Waals surface area (Å²) in [5.41, 5.74) is 12.1. The van der Waals surface area contributed by atoms with E-state index in [1.54, 1.807) is 0 Å². The Kier molecular flexibility index (Phi) is 3.38. The molecule has 0 fully saturated rings. The molecule has 0 spiro atoms. The average Bonchev–Trinajstić information content (AvgIpc) is 2.81. The van der Waals surface area contributed by atoms with Crippen molar-refractivity contribution >= 4 is 0 Å². The molecule has 0 radical (unpaired) electrons. The van der Waals surface area contributed by atoms with Crippen LogP contribution in [-0.4, -0.2) is 9.55 Å². The lowest BCUT2D eigenvalue weighted by atomic mass is 10.0. The van der Waals surface area contributed by atoms with Crippen molar-refractivity contribution in [3.63, 3.8) is 0 Å². The van der Waals surface area contributed by atoms with Gasteiger partial charge in [-0.2, -0.15) is 0 Å². The molecule has 20 heavy (non-hydrogen) atoms. The van der Waals surface area contributed by atoms with E-state index in [0.717, 1.165) is 12.2 Å². The van der Waals surface area contributed by atoms with Gasteiger partial charge in [0.15, 0.2) is 0 Å². The fourth-order valence-corrected chi connectivity index (χ4v) is 3.23. The van der Waals surface area contributed by atoms with Gasteiger partial charge >= 0.3 is 0 Å². The van der Waals surface area contributed by atoms with Crippen LogP contribution in [0.3, 0.4) is 0 Å². The number of rotatable bonds is 2. The van der Waals surface area contributed by atoms with Gasteiger partial charge in [-0.25, -0.2) is 4.98 Å². The molecule has 2 N–H and O–H groups in total. The summed E-state index contributed by atoms with van der Waals surface area (Å²) in [6.45, 7) is 8.16. The number of hydrogen-bond donors (Lipinski definition) is 1. The molecule has 1 aromatic heterocycles. The summed E-state index contributed by atoms with van der Waals surface area (Å²) >= 11 is 0. The van der Waals surface area contributed by atoms with Crippen molar-refractivity contribution in [3.05, 3.63) is 40.8 Å². The smallest absolute Gasteiger partial charge is 0.112 e. The average molecular weight is 269 g/mol. The first kappa shape index (κ1) is 13.4. The van der Waals surface area contributed by atoms with Crippen LogP contribution in [0.25, 0.3) is 11.3 Å². The van der Waals surface area contributed by atoms with E-state index in [-0.39, 0.29) is 0 Å². The van der Waals surface area contributed by atoms with Crippen molar-refractivity contribution in [3.8, 4) is 11.3 Å². The van der Waals surface area contributed by atoms with E-state index in [0.29, 0.717) is 12.5 Å². The summed E-state index contributed by atoms with van der Waals surface area (Å²) in [4.78, 5) is 4.96. The molecule has 1 unspecified atom stereocenters. The molecule has 106 valence electrons. The van der Waals surface area contributed by atoms with E-state index in [1.807, 2.05) is 0 Å². The maximum atomic E-state index is 6.03. The SMILES string of the molecule is Cc1ccc(C)c(-c2nc3n(c2CN)CCCC3C)c1. The molecule has 0 amide bonds. The van der Waals surface area contributed by atoms with Crippen LogP contribution in [0.15, 0.2) is 18.2 Å². The van der Waals surface area contributed by atoms with Crippen LogP contribution in [-0.2, 0) is 13.1 Å². The lowest BCUT2D eigenvalue weighted by Crippen LogP contribution is -2.17. The molecule has 2 heterocycles. The predicted molar refractivity (Wildman–Crippen MR) is 82.7 cm³/mol. The maximum Gasteiger partial charge on any atom is 0.112 e. The fraction of sp³-hybridized carbons (Fsp3) is 0.471. The second-order valence-corrected chi connectivity index (χ2v) is 5.98. The monoisotopic (exact) mass is 269 g/mol. The molecule has 1 atom stereocenters. The lowest BCUT2D eigenvalue weighted by Gasteiger charge is -2.21. The highest BCUT2D eigenvalue weighted by molar-refractivity contribution is 5.67. The zero-order valence-corrected chi connectivity index (χ0v) is 12.6. The quantitative estimate of drug-likeness (QED) is 0.906. The van der Waals surface area contributed by atoms with Gasteiger partial charge in [-0.3, -0.25) is 0 Å². The van der Waals surface area contributed by atoms with Gasteiger partial charge in [0, 0.05) is 24.6 Å². The Hall–Kier alpha value is -1.61. The van der Waals surface area contributed by atoms with Gasteiger partial charge in [-0.1, -0.05) is 24.6 Å². The third-order valence-electron chi connectivity index (χ3n) is 4.40. The predicted octanol–water partition coefficient (Wildman–Crippen LogP) is 3.52. The summed E-state index contributed by atoms with van der Waals surface area (Å²) in [5.74, 6) is 1.75. The highest BCUT2D eigenvalue weighted by Crippen LogP contribution is 2.34. The first-order chi connectivity index (χ1) is 9.61. The van der Waals surface area contributed by atoms with Crippen LogP contribution in [0.2, 0.25) is 0 Å². The molecule has 2 aromatic rings. The highest BCUT2D eigenvalue weighted by Gasteiger charge is 2.24. The van der Waals surface area contributed by atoms with Crippen LogP contribution >= 0.6 is 0 Å². The Morgan fingerprint density at radius 3 is 2.90 bits per heavy atom. The van der Waals surface area contributed by atoms with Gasteiger partial charge in [-0.15, -0.1) is 0 Å². The van der Waals surface area contributed by atoms with Crippen molar-refractivity contribution in [1.29, 1.82) is 0 Å². The first-order valence-corrected chi connectivity index (χ1v) is 7.48. The maximum absolute atomic E-state index is 6.03. The number of aryl methyl sites for hydroxylation is 2. The van der Waals surface area contributed by atoms with E-state index >= 15 is 0 Å². The van der Waals surface area contributed by atoms with Gasteiger partial charge in [-0.05, 0) is 38.3 Å². The van der Waals surface area contributed by atoms with Crippen LogP contribution in [0.1, 0.15) is 48.3 Å². The third kappa shape index (κ3) is 2.06. The molecule has 0 bridgehead atoms.